The standard InChI is InChI=1S/C17H16F2N2O4S/c1-25-17(22)21-5-4-11-2-3-15(6-12(11)10-21)20-26(23,24)16-8-13(18)7-14(19)9-16/h2-3,6-9,20H,4-5,10H2,1H3. The second-order valence-corrected chi connectivity index (χ2v) is 7.52. The molecule has 1 amide bonds. The highest BCUT2D eigenvalue weighted by Crippen LogP contribution is 2.25. The molecule has 1 aliphatic rings. The molecule has 2 aromatic rings. The van der Waals surface area contributed by atoms with E-state index in [2.05, 4.69) is 4.72 Å². The molecule has 0 bridgehead atoms. The quantitative estimate of drug-likeness (QED) is 0.886. The smallest absolute Gasteiger partial charge is 0.409 e. The van der Waals surface area contributed by atoms with Crippen LogP contribution in [0.15, 0.2) is 41.3 Å². The SMILES string of the molecule is COC(=O)N1CCc2ccc(NS(=O)(=O)c3cc(F)cc(F)c3)cc2C1. The first-order valence-corrected chi connectivity index (χ1v) is 9.20. The summed E-state index contributed by atoms with van der Waals surface area (Å²) in [6.45, 7) is 0.791. The Morgan fingerprint density at radius 2 is 1.81 bits per heavy atom. The van der Waals surface area contributed by atoms with Crippen molar-refractivity contribution in [2.24, 2.45) is 0 Å². The summed E-state index contributed by atoms with van der Waals surface area (Å²) in [5.74, 6) is -1.96. The molecule has 9 heteroatoms. The number of carbonyl (C=O) groups excluding carboxylic acids is 1. The zero-order valence-electron chi connectivity index (χ0n) is 13.8. The third kappa shape index (κ3) is 3.77. The third-order valence-corrected chi connectivity index (χ3v) is 5.41. The van der Waals surface area contributed by atoms with Crippen LogP contribution in [-0.2, 0) is 27.7 Å². The zero-order valence-corrected chi connectivity index (χ0v) is 14.6. The number of benzene rings is 2. The summed E-state index contributed by atoms with van der Waals surface area (Å²) in [6, 6.07) is 7.00. The van der Waals surface area contributed by atoms with E-state index < -0.39 is 32.6 Å². The summed E-state index contributed by atoms with van der Waals surface area (Å²) < 4.78 is 58.3. The van der Waals surface area contributed by atoms with Crippen LogP contribution < -0.4 is 4.72 Å². The molecule has 0 radical (unpaired) electrons. The number of sulfonamides is 1. The van der Waals surface area contributed by atoms with Crippen LogP contribution in [0.5, 0.6) is 0 Å². The number of rotatable bonds is 3. The topological polar surface area (TPSA) is 75.7 Å². The average Bonchev–Trinajstić information content (AvgIpc) is 2.59. The lowest BCUT2D eigenvalue weighted by molar-refractivity contribution is 0.118. The molecule has 3 rings (SSSR count). The normalized spacial score (nSPS) is 13.9. The number of ether oxygens (including phenoxy) is 1. The van der Waals surface area contributed by atoms with Gasteiger partial charge in [-0.25, -0.2) is 22.0 Å². The first-order valence-electron chi connectivity index (χ1n) is 7.72. The van der Waals surface area contributed by atoms with E-state index in [1.54, 1.807) is 18.2 Å². The molecule has 0 saturated heterocycles. The second kappa shape index (κ2) is 6.91. The largest absolute Gasteiger partial charge is 0.453 e. The Kier molecular flexibility index (Phi) is 4.82. The number of halogens is 2. The van der Waals surface area contributed by atoms with E-state index in [1.807, 2.05) is 0 Å². The molecule has 1 heterocycles. The van der Waals surface area contributed by atoms with Gasteiger partial charge in [-0.1, -0.05) is 6.07 Å². The summed E-state index contributed by atoms with van der Waals surface area (Å²) >= 11 is 0. The van der Waals surface area contributed by atoms with E-state index in [9.17, 15) is 22.0 Å². The zero-order chi connectivity index (χ0) is 18.9. The summed E-state index contributed by atoms with van der Waals surface area (Å²) in [4.78, 5) is 12.7. The molecular weight excluding hydrogens is 366 g/mol. The lowest BCUT2D eigenvalue weighted by Gasteiger charge is -2.28. The minimum Gasteiger partial charge on any atom is -0.453 e. The van der Waals surface area contributed by atoms with E-state index in [1.165, 1.54) is 12.0 Å². The molecule has 6 nitrogen and oxygen atoms in total. The Morgan fingerprint density at radius 3 is 2.46 bits per heavy atom. The minimum absolute atomic E-state index is 0.236. The van der Waals surface area contributed by atoms with E-state index in [-0.39, 0.29) is 12.2 Å². The number of methoxy groups -OCH3 is 1. The molecule has 0 fully saturated rings. The van der Waals surface area contributed by atoms with Gasteiger partial charge in [-0.05, 0) is 41.8 Å². The Balaban J connectivity index is 1.86. The maximum Gasteiger partial charge on any atom is 0.409 e. The van der Waals surface area contributed by atoms with Crippen molar-refractivity contribution in [1.29, 1.82) is 0 Å². The molecule has 0 saturated carbocycles. The van der Waals surface area contributed by atoms with Crippen LogP contribution in [0, 0.1) is 11.6 Å². The van der Waals surface area contributed by atoms with Crippen molar-refractivity contribution >= 4 is 21.8 Å². The van der Waals surface area contributed by atoms with E-state index in [0.29, 0.717) is 19.0 Å². The molecular formula is C17H16F2N2O4S. The predicted octanol–water partition coefficient (Wildman–Crippen LogP) is 2.89. The van der Waals surface area contributed by atoms with Crippen LogP contribution in [0.25, 0.3) is 0 Å². The Labute approximate surface area is 149 Å². The predicted molar refractivity (Wildman–Crippen MR) is 90.1 cm³/mol. The van der Waals surface area contributed by atoms with Crippen molar-refractivity contribution in [2.75, 3.05) is 18.4 Å². The molecule has 1 N–H and O–H groups in total. The fraction of sp³-hybridized carbons (Fsp3) is 0.235. The highest BCUT2D eigenvalue weighted by atomic mass is 32.2. The molecule has 0 aromatic heterocycles. The molecule has 0 unspecified atom stereocenters. The summed E-state index contributed by atoms with van der Waals surface area (Å²) in [5, 5.41) is 0. The number of nitrogens with one attached hydrogen (secondary N) is 1. The average molecular weight is 382 g/mol. The van der Waals surface area contributed by atoms with Crippen molar-refractivity contribution in [3.63, 3.8) is 0 Å². The number of nitrogens with zero attached hydrogens (tertiary/aromatic N) is 1. The van der Waals surface area contributed by atoms with Gasteiger partial charge >= 0.3 is 6.09 Å². The van der Waals surface area contributed by atoms with Crippen molar-refractivity contribution in [1.82, 2.24) is 4.90 Å². The van der Waals surface area contributed by atoms with Crippen molar-refractivity contribution in [3.05, 3.63) is 59.2 Å². The summed E-state index contributed by atoms with van der Waals surface area (Å²) in [7, 11) is -2.86. The highest BCUT2D eigenvalue weighted by Gasteiger charge is 2.22. The second-order valence-electron chi connectivity index (χ2n) is 5.84. The van der Waals surface area contributed by atoms with Crippen LogP contribution in [0.3, 0.4) is 0 Å². The van der Waals surface area contributed by atoms with Gasteiger partial charge in [-0.3, -0.25) is 4.72 Å². The molecule has 0 atom stereocenters. The number of amides is 1. The summed E-state index contributed by atoms with van der Waals surface area (Å²) in [6.07, 6.45) is 0.156. The van der Waals surface area contributed by atoms with Gasteiger partial charge < -0.3 is 9.64 Å². The monoisotopic (exact) mass is 382 g/mol. The molecule has 0 aliphatic carbocycles. The van der Waals surface area contributed by atoms with Gasteiger partial charge in [-0.15, -0.1) is 0 Å². The van der Waals surface area contributed by atoms with Crippen molar-refractivity contribution < 1.29 is 26.7 Å². The minimum atomic E-state index is -4.15. The summed E-state index contributed by atoms with van der Waals surface area (Å²) in [5.41, 5.74) is 2.00. The Hall–Kier alpha value is -2.68. The molecule has 2 aromatic carbocycles. The van der Waals surface area contributed by atoms with E-state index in [4.69, 9.17) is 4.74 Å². The van der Waals surface area contributed by atoms with Gasteiger partial charge in [0.05, 0.1) is 12.0 Å². The van der Waals surface area contributed by atoms with Crippen LogP contribution in [-0.4, -0.2) is 33.1 Å². The van der Waals surface area contributed by atoms with Gasteiger partial charge in [-0.2, -0.15) is 0 Å². The van der Waals surface area contributed by atoms with Crippen molar-refractivity contribution in [2.45, 2.75) is 17.9 Å². The molecule has 138 valence electrons. The highest BCUT2D eigenvalue weighted by molar-refractivity contribution is 7.92. The number of fused-ring (bicyclic) bond motifs is 1. The van der Waals surface area contributed by atoms with Gasteiger partial charge in [0.15, 0.2) is 0 Å². The first kappa shape index (κ1) is 18.1. The molecule has 26 heavy (non-hydrogen) atoms. The van der Waals surface area contributed by atoms with Gasteiger partial charge in [0, 0.05) is 24.8 Å². The maximum atomic E-state index is 13.3. The third-order valence-electron chi connectivity index (χ3n) is 4.05. The lowest BCUT2D eigenvalue weighted by atomic mass is 9.99. The van der Waals surface area contributed by atoms with Crippen LogP contribution in [0.4, 0.5) is 19.3 Å². The van der Waals surface area contributed by atoms with Gasteiger partial charge in [0.25, 0.3) is 10.0 Å². The van der Waals surface area contributed by atoms with Crippen LogP contribution in [0.1, 0.15) is 11.1 Å². The van der Waals surface area contributed by atoms with Gasteiger partial charge in [0.1, 0.15) is 11.6 Å². The fourth-order valence-corrected chi connectivity index (χ4v) is 3.89. The molecule has 0 spiro atoms. The first-order chi connectivity index (χ1) is 12.3. The number of hydrogen-bond acceptors (Lipinski definition) is 4. The van der Waals surface area contributed by atoms with Gasteiger partial charge in [0.2, 0.25) is 0 Å². The number of anilines is 1. The van der Waals surface area contributed by atoms with E-state index >= 15 is 0 Å². The Morgan fingerprint density at radius 1 is 1.12 bits per heavy atom. The fourth-order valence-electron chi connectivity index (χ4n) is 2.80. The van der Waals surface area contributed by atoms with Crippen LogP contribution in [0.2, 0.25) is 0 Å². The maximum absolute atomic E-state index is 13.3. The molecule has 1 aliphatic heterocycles. The number of carbonyl (C=O) groups is 1. The van der Waals surface area contributed by atoms with Crippen LogP contribution >= 0.6 is 0 Å². The van der Waals surface area contributed by atoms with E-state index in [0.717, 1.165) is 23.3 Å². The lowest BCUT2D eigenvalue weighted by Crippen LogP contribution is -2.35. The Bertz CT molecular complexity index is 943. The number of hydrogen-bond donors (Lipinski definition) is 1. The van der Waals surface area contributed by atoms with Crippen molar-refractivity contribution in [3.8, 4) is 0 Å².